The Labute approximate surface area is 180 Å². The van der Waals surface area contributed by atoms with Gasteiger partial charge in [-0.25, -0.2) is 4.79 Å². The highest BCUT2D eigenvalue weighted by atomic mass is 16.6. The van der Waals surface area contributed by atoms with Crippen LogP contribution in [0, 0.1) is 5.92 Å². The molecule has 0 saturated carbocycles. The van der Waals surface area contributed by atoms with E-state index in [9.17, 15) is 9.59 Å². The summed E-state index contributed by atoms with van der Waals surface area (Å²) in [5, 5.41) is 8.19. The molecular formula is C23H26N4O4. The normalized spacial score (nSPS) is 14.5. The van der Waals surface area contributed by atoms with E-state index in [0.717, 1.165) is 16.5 Å². The van der Waals surface area contributed by atoms with Crippen molar-refractivity contribution in [3.8, 4) is 5.75 Å². The van der Waals surface area contributed by atoms with Crippen LogP contribution in [0.4, 0.5) is 10.6 Å². The van der Waals surface area contributed by atoms with Gasteiger partial charge in [0.05, 0.1) is 18.0 Å². The fraction of sp³-hybridized carbons (Fsp3) is 0.348. The molecule has 1 aliphatic heterocycles. The lowest BCUT2D eigenvalue weighted by Gasteiger charge is -2.30. The van der Waals surface area contributed by atoms with E-state index in [-0.39, 0.29) is 24.5 Å². The summed E-state index contributed by atoms with van der Waals surface area (Å²) in [5.74, 6) is 0.870. The Morgan fingerprint density at radius 3 is 2.55 bits per heavy atom. The maximum Gasteiger partial charge on any atom is 0.410 e. The smallest absolute Gasteiger partial charge is 0.410 e. The maximum absolute atomic E-state index is 12.9. The SMILES string of the molecule is COc1cccc2c1c(NC(=O)C1CCN(C(=O)OCc3ccccc3)CC1)nn2C. The molecule has 31 heavy (non-hydrogen) atoms. The van der Waals surface area contributed by atoms with Crippen LogP contribution >= 0.6 is 0 Å². The fourth-order valence-electron chi connectivity index (χ4n) is 3.89. The van der Waals surface area contributed by atoms with Crippen LogP contribution in [0.5, 0.6) is 5.75 Å². The number of amides is 2. The second-order valence-electron chi connectivity index (χ2n) is 7.62. The Morgan fingerprint density at radius 1 is 1.10 bits per heavy atom. The first-order chi connectivity index (χ1) is 15.1. The highest BCUT2D eigenvalue weighted by molar-refractivity contribution is 6.03. The molecule has 2 aromatic carbocycles. The molecule has 3 aromatic rings. The summed E-state index contributed by atoms with van der Waals surface area (Å²) >= 11 is 0. The molecule has 0 bridgehead atoms. The number of nitrogens with one attached hydrogen (secondary N) is 1. The number of ether oxygens (including phenoxy) is 2. The first kappa shape index (κ1) is 20.7. The highest BCUT2D eigenvalue weighted by Crippen LogP contribution is 2.32. The van der Waals surface area contributed by atoms with E-state index in [4.69, 9.17) is 9.47 Å². The first-order valence-electron chi connectivity index (χ1n) is 10.3. The molecule has 0 spiro atoms. The lowest BCUT2D eigenvalue weighted by Crippen LogP contribution is -2.41. The summed E-state index contributed by atoms with van der Waals surface area (Å²) in [6.45, 7) is 1.21. The average molecular weight is 422 g/mol. The zero-order valence-electron chi connectivity index (χ0n) is 17.7. The Bertz CT molecular complexity index is 1070. The van der Waals surface area contributed by atoms with Crippen LogP contribution in [0.3, 0.4) is 0 Å². The molecule has 8 nitrogen and oxygen atoms in total. The predicted octanol–water partition coefficient (Wildman–Crippen LogP) is 3.57. The van der Waals surface area contributed by atoms with Gasteiger partial charge >= 0.3 is 6.09 Å². The third-order valence-electron chi connectivity index (χ3n) is 5.63. The van der Waals surface area contributed by atoms with E-state index < -0.39 is 0 Å². The van der Waals surface area contributed by atoms with Gasteiger partial charge in [0, 0.05) is 26.1 Å². The molecule has 0 atom stereocenters. The number of fused-ring (bicyclic) bond motifs is 1. The van der Waals surface area contributed by atoms with Gasteiger partial charge in [-0.15, -0.1) is 0 Å². The molecule has 1 N–H and O–H groups in total. The Hall–Kier alpha value is -3.55. The molecule has 1 aromatic heterocycles. The molecular weight excluding hydrogens is 396 g/mol. The van der Waals surface area contributed by atoms with Crippen molar-refractivity contribution >= 4 is 28.7 Å². The van der Waals surface area contributed by atoms with Gasteiger partial charge in [-0.2, -0.15) is 5.10 Å². The molecule has 1 aliphatic rings. The van der Waals surface area contributed by atoms with Crippen LogP contribution in [0.25, 0.3) is 10.9 Å². The van der Waals surface area contributed by atoms with Crippen LogP contribution in [-0.4, -0.2) is 46.9 Å². The minimum atomic E-state index is -0.344. The van der Waals surface area contributed by atoms with Crippen molar-refractivity contribution in [1.82, 2.24) is 14.7 Å². The summed E-state index contributed by atoms with van der Waals surface area (Å²) in [4.78, 5) is 26.9. The third kappa shape index (κ3) is 4.47. The summed E-state index contributed by atoms with van der Waals surface area (Å²) < 4.78 is 12.6. The molecule has 2 amide bonds. The number of benzene rings is 2. The van der Waals surface area contributed by atoms with Crippen LogP contribution < -0.4 is 10.1 Å². The third-order valence-corrected chi connectivity index (χ3v) is 5.63. The van der Waals surface area contributed by atoms with Crippen LogP contribution in [0.2, 0.25) is 0 Å². The number of carbonyl (C=O) groups is 2. The summed E-state index contributed by atoms with van der Waals surface area (Å²) in [5.41, 5.74) is 1.83. The number of nitrogens with zero attached hydrogens (tertiary/aromatic N) is 3. The quantitative estimate of drug-likeness (QED) is 0.679. The number of aryl methyl sites for hydroxylation is 1. The van der Waals surface area contributed by atoms with Gasteiger partial charge in [-0.1, -0.05) is 36.4 Å². The monoisotopic (exact) mass is 422 g/mol. The molecule has 1 saturated heterocycles. The van der Waals surface area contributed by atoms with E-state index in [1.807, 2.05) is 55.6 Å². The van der Waals surface area contributed by atoms with Gasteiger partial charge in [-0.05, 0) is 30.5 Å². The first-order valence-corrected chi connectivity index (χ1v) is 10.3. The number of carbonyl (C=O) groups excluding carboxylic acids is 2. The number of rotatable bonds is 5. The van der Waals surface area contributed by atoms with Gasteiger partial charge < -0.3 is 19.7 Å². The zero-order valence-corrected chi connectivity index (χ0v) is 17.7. The molecule has 2 heterocycles. The summed E-state index contributed by atoms with van der Waals surface area (Å²) in [7, 11) is 3.43. The molecule has 0 radical (unpaired) electrons. The number of piperidine rings is 1. The predicted molar refractivity (Wildman–Crippen MR) is 117 cm³/mol. The standard InChI is InChI=1S/C23H26N4O4/c1-26-18-9-6-10-19(30-2)20(18)21(25-26)24-22(28)17-11-13-27(14-12-17)23(29)31-15-16-7-4-3-5-8-16/h3-10,17H,11-15H2,1-2H3,(H,24,25,28). The fourth-order valence-corrected chi connectivity index (χ4v) is 3.89. The molecule has 1 fully saturated rings. The Kier molecular flexibility index (Phi) is 6.06. The van der Waals surface area contributed by atoms with Crippen molar-refractivity contribution in [2.24, 2.45) is 13.0 Å². The number of methoxy groups -OCH3 is 1. The lowest BCUT2D eigenvalue weighted by atomic mass is 9.96. The van der Waals surface area contributed by atoms with Gasteiger partial charge in [0.2, 0.25) is 5.91 Å². The average Bonchev–Trinajstić information content (AvgIpc) is 3.13. The van der Waals surface area contributed by atoms with Crippen molar-refractivity contribution in [2.45, 2.75) is 19.4 Å². The molecule has 162 valence electrons. The van der Waals surface area contributed by atoms with Crippen LogP contribution in [0.15, 0.2) is 48.5 Å². The molecule has 0 unspecified atom stereocenters. The maximum atomic E-state index is 12.9. The van der Waals surface area contributed by atoms with E-state index in [1.54, 1.807) is 16.7 Å². The van der Waals surface area contributed by atoms with E-state index in [1.165, 1.54) is 0 Å². The van der Waals surface area contributed by atoms with E-state index in [0.29, 0.717) is 37.5 Å². The minimum Gasteiger partial charge on any atom is -0.496 e. The number of likely N-dealkylation sites (tertiary alicyclic amines) is 1. The number of hydrogen-bond acceptors (Lipinski definition) is 5. The van der Waals surface area contributed by atoms with Crippen LogP contribution in [-0.2, 0) is 23.2 Å². The number of aromatic nitrogens is 2. The second kappa shape index (κ2) is 9.07. The van der Waals surface area contributed by atoms with Crippen molar-refractivity contribution in [2.75, 3.05) is 25.5 Å². The Balaban J connectivity index is 1.34. The van der Waals surface area contributed by atoms with Gasteiger partial charge in [0.1, 0.15) is 12.4 Å². The highest BCUT2D eigenvalue weighted by Gasteiger charge is 2.29. The van der Waals surface area contributed by atoms with Crippen LogP contribution in [0.1, 0.15) is 18.4 Å². The van der Waals surface area contributed by atoms with Gasteiger partial charge in [-0.3, -0.25) is 9.48 Å². The van der Waals surface area contributed by atoms with Crippen molar-refractivity contribution in [3.05, 3.63) is 54.1 Å². The minimum absolute atomic E-state index is 0.0943. The molecule has 8 heteroatoms. The van der Waals surface area contributed by atoms with Gasteiger partial charge in [0.15, 0.2) is 5.82 Å². The van der Waals surface area contributed by atoms with Gasteiger partial charge in [0.25, 0.3) is 0 Å². The number of anilines is 1. The van der Waals surface area contributed by atoms with Crippen molar-refractivity contribution in [3.63, 3.8) is 0 Å². The lowest BCUT2D eigenvalue weighted by molar-refractivity contribution is -0.121. The second-order valence-corrected chi connectivity index (χ2v) is 7.62. The number of hydrogen-bond donors (Lipinski definition) is 1. The Morgan fingerprint density at radius 2 is 1.84 bits per heavy atom. The molecule has 0 aliphatic carbocycles. The molecule has 4 rings (SSSR count). The summed E-state index contributed by atoms with van der Waals surface area (Å²) in [6.07, 6.45) is 0.811. The zero-order chi connectivity index (χ0) is 21.8. The van der Waals surface area contributed by atoms with E-state index in [2.05, 4.69) is 10.4 Å². The largest absolute Gasteiger partial charge is 0.496 e. The van der Waals surface area contributed by atoms with E-state index >= 15 is 0 Å². The summed E-state index contributed by atoms with van der Waals surface area (Å²) in [6, 6.07) is 15.2. The topological polar surface area (TPSA) is 85.7 Å². The van der Waals surface area contributed by atoms with Crippen molar-refractivity contribution < 1.29 is 19.1 Å². The van der Waals surface area contributed by atoms with Crippen molar-refractivity contribution in [1.29, 1.82) is 0 Å².